The third-order valence-corrected chi connectivity index (χ3v) is 4.99. The van der Waals surface area contributed by atoms with Crippen molar-refractivity contribution in [1.29, 1.82) is 0 Å². The number of methoxy groups -OCH3 is 1. The van der Waals surface area contributed by atoms with Crippen LogP contribution in [-0.2, 0) is 27.5 Å². The molecule has 8 heteroatoms. The van der Waals surface area contributed by atoms with Crippen molar-refractivity contribution in [2.24, 2.45) is 5.16 Å². The van der Waals surface area contributed by atoms with E-state index in [1.54, 1.807) is 12.0 Å². The summed E-state index contributed by atoms with van der Waals surface area (Å²) in [5.41, 5.74) is 3.49. The Kier molecular flexibility index (Phi) is 6.04. The number of fused-ring (bicyclic) bond motifs is 2. The van der Waals surface area contributed by atoms with Crippen LogP contribution in [0.25, 0.3) is 11.0 Å². The second kappa shape index (κ2) is 9.04. The molecule has 2 heterocycles. The summed E-state index contributed by atoms with van der Waals surface area (Å²) in [5, 5.41) is 3.89. The van der Waals surface area contributed by atoms with Gasteiger partial charge in [0.1, 0.15) is 19.1 Å². The van der Waals surface area contributed by atoms with Crippen LogP contribution >= 0.6 is 0 Å². The summed E-state index contributed by atoms with van der Waals surface area (Å²) in [7, 11) is 1.68. The Morgan fingerprint density at radius 2 is 1.90 bits per heavy atom. The van der Waals surface area contributed by atoms with Crippen LogP contribution in [-0.4, -0.2) is 48.2 Å². The topological polar surface area (TPSA) is 69.0 Å². The summed E-state index contributed by atoms with van der Waals surface area (Å²) in [4.78, 5) is 24.5. The quantitative estimate of drug-likeness (QED) is 0.401. The average molecular weight is 410 g/mol. The number of para-hydroxylation sites is 3. The van der Waals surface area contributed by atoms with E-state index in [0.29, 0.717) is 18.7 Å². The van der Waals surface area contributed by atoms with Gasteiger partial charge in [-0.05, 0) is 24.6 Å². The van der Waals surface area contributed by atoms with Crippen molar-refractivity contribution in [2.45, 2.75) is 19.5 Å². The van der Waals surface area contributed by atoms with Crippen LogP contribution in [0.4, 0.5) is 10.1 Å². The number of imidazole rings is 1. The van der Waals surface area contributed by atoms with Gasteiger partial charge in [-0.1, -0.05) is 35.5 Å². The molecule has 0 fully saturated rings. The number of nitrogens with zero attached hydrogens (tertiary/aromatic N) is 4. The summed E-state index contributed by atoms with van der Waals surface area (Å²) in [6.07, 6.45) is 0.832. The van der Waals surface area contributed by atoms with Gasteiger partial charge in [-0.15, -0.1) is 0 Å². The van der Waals surface area contributed by atoms with Gasteiger partial charge in [0.05, 0.1) is 23.3 Å². The largest absolute Gasteiger partial charge is 0.392 e. The molecule has 30 heavy (non-hydrogen) atoms. The molecule has 1 aliphatic rings. The molecule has 0 atom stereocenters. The van der Waals surface area contributed by atoms with E-state index < -0.39 is 6.67 Å². The van der Waals surface area contributed by atoms with Gasteiger partial charge in [0.2, 0.25) is 0 Å². The first-order chi connectivity index (χ1) is 14.7. The maximum Gasteiger partial charge on any atom is 0.281 e. The smallest absolute Gasteiger partial charge is 0.281 e. The Labute approximate surface area is 173 Å². The van der Waals surface area contributed by atoms with Gasteiger partial charge in [0.15, 0.2) is 5.71 Å². The minimum atomic E-state index is -0.665. The fraction of sp³-hybridized carbons (Fsp3) is 0.318. The van der Waals surface area contributed by atoms with Crippen LogP contribution in [0, 0.1) is 0 Å². The molecule has 156 valence electrons. The summed E-state index contributed by atoms with van der Waals surface area (Å²) in [6.45, 7) is 0.809. The molecule has 3 aromatic rings. The maximum absolute atomic E-state index is 13.1. The zero-order chi connectivity index (χ0) is 20.9. The number of halogens is 1. The van der Waals surface area contributed by atoms with E-state index in [1.807, 2.05) is 48.5 Å². The Bertz CT molecular complexity index is 1080. The predicted octanol–water partition coefficient (Wildman–Crippen LogP) is 3.31. The highest BCUT2D eigenvalue weighted by atomic mass is 19.1. The number of oxime groups is 1. The number of benzene rings is 2. The van der Waals surface area contributed by atoms with Crippen LogP contribution in [0.3, 0.4) is 0 Å². The third-order valence-electron chi connectivity index (χ3n) is 4.99. The molecule has 0 radical (unpaired) electrons. The molecular weight excluding hydrogens is 387 g/mol. The number of hydrogen-bond acceptors (Lipinski definition) is 5. The Hall–Kier alpha value is -3.26. The minimum absolute atomic E-state index is 0.182. The molecule has 1 aliphatic heterocycles. The molecule has 2 aromatic carbocycles. The van der Waals surface area contributed by atoms with Crippen LogP contribution in [0.15, 0.2) is 53.7 Å². The number of rotatable bonds is 9. The van der Waals surface area contributed by atoms with Crippen molar-refractivity contribution in [1.82, 2.24) is 9.55 Å². The van der Waals surface area contributed by atoms with E-state index in [9.17, 15) is 9.18 Å². The standard InChI is InChI=1S/C22H23FN4O3/c1-29-13-6-12-26-19-10-5-3-8-17(19)24-20(26)15-27-18-9-4-2-7-16(18)21(22(27)28)25-30-14-11-23/h2-5,7-10H,6,11-15H2,1H3/b25-21+. The molecular formula is C22H23FN4O3. The number of hydrogen-bond donors (Lipinski definition) is 0. The van der Waals surface area contributed by atoms with Crippen molar-refractivity contribution in [3.63, 3.8) is 0 Å². The Balaban J connectivity index is 1.68. The van der Waals surface area contributed by atoms with Crippen molar-refractivity contribution >= 4 is 28.3 Å². The summed E-state index contributed by atoms with van der Waals surface area (Å²) in [6, 6.07) is 15.3. The molecule has 0 bridgehead atoms. The number of amides is 1. The zero-order valence-corrected chi connectivity index (χ0v) is 16.8. The molecule has 4 rings (SSSR count). The molecule has 1 aromatic heterocycles. The number of carbonyl (C=O) groups is 1. The second-order valence-electron chi connectivity index (χ2n) is 6.89. The second-order valence-corrected chi connectivity index (χ2v) is 6.89. The average Bonchev–Trinajstić information content (AvgIpc) is 3.25. The van der Waals surface area contributed by atoms with Gasteiger partial charge in [-0.25, -0.2) is 9.37 Å². The number of ether oxygens (including phenoxy) is 1. The van der Waals surface area contributed by atoms with E-state index in [1.165, 1.54) is 0 Å². The monoisotopic (exact) mass is 410 g/mol. The lowest BCUT2D eigenvalue weighted by Gasteiger charge is -2.17. The molecule has 7 nitrogen and oxygen atoms in total. The summed E-state index contributed by atoms with van der Waals surface area (Å²) < 4.78 is 19.7. The van der Waals surface area contributed by atoms with E-state index in [0.717, 1.165) is 35.5 Å². The van der Waals surface area contributed by atoms with Gasteiger partial charge in [0, 0.05) is 25.8 Å². The number of alkyl halides is 1. The van der Waals surface area contributed by atoms with E-state index in [-0.39, 0.29) is 18.2 Å². The summed E-state index contributed by atoms with van der Waals surface area (Å²) in [5.74, 6) is 0.493. The lowest BCUT2D eigenvalue weighted by molar-refractivity contribution is -0.112. The van der Waals surface area contributed by atoms with Crippen molar-refractivity contribution in [3.05, 3.63) is 59.9 Å². The molecule has 1 amide bonds. The van der Waals surface area contributed by atoms with Crippen molar-refractivity contribution < 1.29 is 18.8 Å². The highest BCUT2D eigenvalue weighted by Gasteiger charge is 2.35. The van der Waals surface area contributed by atoms with Crippen LogP contribution in [0.2, 0.25) is 0 Å². The zero-order valence-electron chi connectivity index (χ0n) is 16.8. The number of aryl methyl sites for hydroxylation is 1. The van der Waals surface area contributed by atoms with Gasteiger partial charge in [-0.2, -0.15) is 0 Å². The van der Waals surface area contributed by atoms with Crippen LogP contribution < -0.4 is 4.90 Å². The first-order valence-corrected chi connectivity index (χ1v) is 9.85. The minimum Gasteiger partial charge on any atom is -0.392 e. The lowest BCUT2D eigenvalue weighted by atomic mass is 10.1. The first kappa shape index (κ1) is 20.0. The maximum atomic E-state index is 13.1. The van der Waals surface area contributed by atoms with E-state index in [2.05, 4.69) is 9.72 Å². The van der Waals surface area contributed by atoms with E-state index >= 15 is 0 Å². The SMILES string of the molecule is COCCCn1c(CN2C(=O)/C(=N/OCCF)c3ccccc32)nc2ccccc21. The molecule has 0 aliphatic carbocycles. The molecule has 0 unspecified atom stereocenters. The van der Waals surface area contributed by atoms with Gasteiger partial charge >= 0.3 is 0 Å². The van der Waals surface area contributed by atoms with Gasteiger partial charge in [-0.3, -0.25) is 9.69 Å². The molecule has 0 saturated heterocycles. The predicted molar refractivity (Wildman–Crippen MR) is 112 cm³/mol. The van der Waals surface area contributed by atoms with Gasteiger partial charge < -0.3 is 14.1 Å². The van der Waals surface area contributed by atoms with Crippen molar-refractivity contribution in [3.8, 4) is 0 Å². The number of anilines is 1. The number of aromatic nitrogens is 2. The number of carbonyl (C=O) groups excluding carboxylic acids is 1. The molecule has 0 spiro atoms. The molecule has 0 saturated carbocycles. The molecule has 0 N–H and O–H groups in total. The highest BCUT2D eigenvalue weighted by molar-refractivity contribution is 6.54. The Morgan fingerprint density at radius 1 is 1.10 bits per heavy atom. The van der Waals surface area contributed by atoms with Crippen LogP contribution in [0.5, 0.6) is 0 Å². The normalized spacial score (nSPS) is 14.7. The summed E-state index contributed by atoms with van der Waals surface area (Å²) >= 11 is 0. The Morgan fingerprint density at radius 3 is 2.73 bits per heavy atom. The van der Waals surface area contributed by atoms with E-state index in [4.69, 9.17) is 14.6 Å². The third kappa shape index (κ3) is 3.78. The fourth-order valence-electron chi connectivity index (χ4n) is 3.66. The van der Waals surface area contributed by atoms with Crippen LogP contribution in [0.1, 0.15) is 17.8 Å². The lowest BCUT2D eigenvalue weighted by Crippen LogP contribution is -2.31. The van der Waals surface area contributed by atoms with Gasteiger partial charge in [0.25, 0.3) is 5.91 Å². The van der Waals surface area contributed by atoms with Crippen molar-refractivity contribution in [2.75, 3.05) is 31.9 Å². The highest BCUT2D eigenvalue weighted by Crippen LogP contribution is 2.31. The fourth-order valence-corrected chi connectivity index (χ4v) is 3.66. The first-order valence-electron chi connectivity index (χ1n) is 9.85.